The Labute approximate surface area is 148 Å². The van der Waals surface area contributed by atoms with E-state index in [1.807, 2.05) is 37.3 Å². The van der Waals surface area contributed by atoms with E-state index >= 15 is 0 Å². The summed E-state index contributed by atoms with van der Waals surface area (Å²) in [6.07, 6.45) is 3.33. The average Bonchev–Trinajstić information content (AvgIpc) is 3.30. The number of fused-ring (bicyclic) bond motifs is 1. The van der Waals surface area contributed by atoms with Crippen LogP contribution in [0.15, 0.2) is 53.3 Å². The highest BCUT2D eigenvalue weighted by molar-refractivity contribution is 6.04. The van der Waals surface area contributed by atoms with Crippen LogP contribution in [0.25, 0.3) is 17.0 Å². The van der Waals surface area contributed by atoms with Crippen molar-refractivity contribution in [3.63, 3.8) is 0 Å². The largest absolute Gasteiger partial charge is 0.387 e. The molecular weight excluding hydrogens is 334 g/mol. The maximum atomic E-state index is 12.7. The molecule has 0 atom stereocenters. The summed E-state index contributed by atoms with van der Waals surface area (Å²) in [5.74, 6) is 0.212. The molecule has 1 amide bonds. The lowest BCUT2D eigenvalue weighted by Crippen LogP contribution is -2.15. The number of pyridine rings is 1. The first-order chi connectivity index (χ1) is 12.7. The van der Waals surface area contributed by atoms with Gasteiger partial charge in [-0.2, -0.15) is 4.98 Å². The predicted octanol–water partition coefficient (Wildman–Crippen LogP) is 2.44. The van der Waals surface area contributed by atoms with E-state index in [2.05, 4.69) is 20.4 Å². The number of anilines is 1. The Hall–Kier alpha value is -3.52. The maximum Gasteiger partial charge on any atom is 0.274 e. The average molecular weight is 349 g/mol. The van der Waals surface area contributed by atoms with Crippen LogP contribution in [0.4, 0.5) is 5.69 Å². The van der Waals surface area contributed by atoms with Crippen LogP contribution in [0.5, 0.6) is 0 Å². The Balaban J connectivity index is 1.65. The lowest BCUT2D eigenvalue weighted by atomic mass is 10.1. The standard InChI is InChI=1S/C18H15N5O3/c1-11-5-6-12(17-21-16(10-24)26-22-17)8-13(11)20-18(25)14-9-19-15-4-2-3-7-23(14)15/h2-9,24H,10H2,1H3,(H,20,25). The number of amides is 1. The zero-order chi connectivity index (χ0) is 18.1. The molecule has 0 saturated carbocycles. The molecule has 0 aliphatic heterocycles. The van der Waals surface area contributed by atoms with Gasteiger partial charge in [0.2, 0.25) is 5.82 Å². The number of carbonyl (C=O) groups excluding carboxylic acids is 1. The van der Waals surface area contributed by atoms with Gasteiger partial charge in [0.1, 0.15) is 17.9 Å². The smallest absolute Gasteiger partial charge is 0.274 e. The second-order valence-corrected chi connectivity index (χ2v) is 5.73. The molecule has 0 unspecified atom stereocenters. The molecule has 0 fully saturated rings. The van der Waals surface area contributed by atoms with E-state index < -0.39 is 0 Å². The van der Waals surface area contributed by atoms with Gasteiger partial charge in [-0.3, -0.25) is 9.20 Å². The molecule has 0 spiro atoms. The lowest BCUT2D eigenvalue weighted by Gasteiger charge is -2.09. The third kappa shape index (κ3) is 2.82. The van der Waals surface area contributed by atoms with Crippen LogP contribution < -0.4 is 5.32 Å². The third-order valence-electron chi connectivity index (χ3n) is 4.00. The van der Waals surface area contributed by atoms with Gasteiger partial charge in [-0.05, 0) is 30.7 Å². The van der Waals surface area contributed by atoms with Crippen molar-refractivity contribution in [3.05, 3.63) is 65.9 Å². The number of imidazole rings is 1. The Morgan fingerprint density at radius 2 is 2.19 bits per heavy atom. The monoisotopic (exact) mass is 349 g/mol. The highest BCUT2D eigenvalue weighted by Gasteiger charge is 2.15. The quantitative estimate of drug-likeness (QED) is 0.586. The number of hydrogen-bond donors (Lipinski definition) is 2. The zero-order valence-corrected chi connectivity index (χ0v) is 13.9. The molecule has 4 rings (SSSR count). The minimum absolute atomic E-state index is 0.136. The van der Waals surface area contributed by atoms with Gasteiger partial charge >= 0.3 is 0 Å². The van der Waals surface area contributed by atoms with Crippen LogP contribution in [0.3, 0.4) is 0 Å². The minimum atomic E-state index is -0.323. The number of rotatable bonds is 4. The molecule has 0 radical (unpaired) electrons. The molecule has 0 aliphatic carbocycles. The fourth-order valence-corrected chi connectivity index (χ4v) is 2.62. The highest BCUT2D eigenvalue weighted by Crippen LogP contribution is 2.24. The van der Waals surface area contributed by atoms with E-state index in [-0.39, 0.29) is 18.4 Å². The summed E-state index contributed by atoms with van der Waals surface area (Å²) < 4.78 is 6.64. The van der Waals surface area contributed by atoms with E-state index in [1.165, 1.54) is 6.20 Å². The molecule has 8 heteroatoms. The Morgan fingerprint density at radius 1 is 1.31 bits per heavy atom. The van der Waals surface area contributed by atoms with E-state index in [1.54, 1.807) is 16.7 Å². The molecule has 130 valence electrons. The summed E-state index contributed by atoms with van der Waals surface area (Å²) in [7, 11) is 0. The Kier molecular flexibility index (Phi) is 3.94. The van der Waals surface area contributed by atoms with Gasteiger partial charge in [-0.25, -0.2) is 4.98 Å². The number of nitrogens with zero attached hydrogens (tertiary/aromatic N) is 4. The SMILES string of the molecule is Cc1ccc(-c2noc(CO)n2)cc1NC(=O)c1cnc2ccccn12. The molecule has 1 aromatic carbocycles. The predicted molar refractivity (Wildman–Crippen MR) is 93.5 cm³/mol. The first-order valence-corrected chi connectivity index (χ1v) is 7.93. The van der Waals surface area contributed by atoms with Crippen molar-refractivity contribution in [2.45, 2.75) is 13.5 Å². The number of aromatic nitrogens is 4. The fourth-order valence-electron chi connectivity index (χ4n) is 2.62. The molecule has 0 saturated heterocycles. The van der Waals surface area contributed by atoms with E-state index in [4.69, 9.17) is 9.63 Å². The van der Waals surface area contributed by atoms with Gasteiger partial charge in [-0.15, -0.1) is 0 Å². The maximum absolute atomic E-state index is 12.7. The first-order valence-electron chi connectivity index (χ1n) is 7.93. The van der Waals surface area contributed by atoms with Crippen molar-refractivity contribution in [2.75, 3.05) is 5.32 Å². The summed E-state index contributed by atoms with van der Waals surface area (Å²) in [4.78, 5) is 21.0. The highest BCUT2D eigenvalue weighted by atomic mass is 16.5. The van der Waals surface area contributed by atoms with Crippen molar-refractivity contribution >= 4 is 17.2 Å². The van der Waals surface area contributed by atoms with Gasteiger partial charge in [0.05, 0.1) is 6.20 Å². The fraction of sp³-hybridized carbons (Fsp3) is 0.111. The summed E-state index contributed by atoms with van der Waals surface area (Å²) in [6.45, 7) is 1.57. The summed E-state index contributed by atoms with van der Waals surface area (Å²) in [5, 5.41) is 15.8. The van der Waals surface area contributed by atoms with Crippen molar-refractivity contribution < 1.29 is 14.4 Å². The number of nitrogens with one attached hydrogen (secondary N) is 1. The molecule has 0 bridgehead atoms. The molecule has 4 aromatic rings. The number of benzene rings is 1. The van der Waals surface area contributed by atoms with Gasteiger partial charge in [-0.1, -0.05) is 23.4 Å². The van der Waals surface area contributed by atoms with Crippen LogP contribution in [-0.4, -0.2) is 30.5 Å². The number of aliphatic hydroxyl groups is 1. The molecule has 3 aromatic heterocycles. The topological polar surface area (TPSA) is 106 Å². The number of hydrogen-bond acceptors (Lipinski definition) is 6. The van der Waals surface area contributed by atoms with E-state index in [0.717, 1.165) is 5.56 Å². The lowest BCUT2D eigenvalue weighted by molar-refractivity contribution is 0.102. The number of aryl methyl sites for hydroxylation is 1. The molecule has 8 nitrogen and oxygen atoms in total. The van der Waals surface area contributed by atoms with Crippen LogP contribution in [0.1, 0.15) is 21.9 Å². The molecule has 0 aliphatic rings. The Bertz CT molecular complexity index is 1100. The van der Waals surface area contributed by atoms with Crippen LogP contribution in [0, 0.1) is 6.92 Å². The van der Waals surface area contributed by atoms with E-state index in [9.17, 15) is 4.79 Å². The summed E-state index contributed by atoms with van der Waals surface area (Å²) >= 11 is 0. The van der Waals surface area contributed by atoms with Gasteiger partial charge in [0.15, 0.2) is 0 Å². The van der Waals surface area contributed by atoms with E-state index in [0.29, 0.717) is 28.4 Å². The first kappa shape index (κ1) is 16.0. The molecular formula is C18H15N5O3. The second kappa shape index (κ2) is 6.41. The summed E-state index contributed by atoms with van der Waals surface area (Å²) in [5.41, 5.74) is 3.34. The Morgan fingerprint density at radius 3 is 3.00 bits per heavy atom. The van der Waals surface area contributed by atoms with Crippen molar-refractivity contribution in [2.24, 2.45) is 0 Å². The number of aliphatic hydroxyl groups excluding tert-OH is 1. The van der Waals surface area contributed by atoms with Gasteiger partial charge in [0, 0.05) is 17.4 Å². The molecule has 26 heavy (non-hydrogen) atoms. The van der Waals surface area contributed by atoms with Crippen LogP contribution in [-0.2, 0) is 6.61 Å². The van der Waals surface area contributed by atoms with Gasteiger partial charge < -0.3 is 14.9 Å². The van der Waals surface area contributed by atoms with Crippen molar-refractivity contribution in [3.8, 4) is 11.4 Å². The van der Waals surface area contributed by atoms with Crippen molar-refractivity contribution in [1.29, 1.82) is 0 Å². The normalized spacial score (nSPS) is 11.0. The number of carbonyl (C=O) groups is 1. The molecule has 2 N–H and O–H groups in total. The van der Waals surface area contributed by atoms with Crippen LogP contribution >= 0.6 is 0 Å². The minimum Gasteiger partial charge on any atom is -0.387 e. The van der Waals surface area contributed by atoms with Crippen LogP contribution in [0.2, 0.25) is 0 Å². The third-order valence-corrected chi connectivity index (χ3v) is 4.00. The molecule has 3 heterocycles. The summed E-state index contributed by atoms with van der Waals surface area (Å²) in [6, 6.07) is 11.0. The van der Waals surface area contributed by atoms with Gasteiger partial charge in [0.25, 0.3) is 11.8 Å². The van der Waals surface area contributed by atoms with Crippen molar-refractivity contribution in [1.82, 2.24) is 19.5 Å². The second-order valence-electron chi connectivity index (χ2n) is 5.73. The zero-order valence-electron chi connectivity index (χ0n) is 13.9.